The van der Waals surface area contributed by atoms with Gasteiger partial charge < -0.3 is 15.0 Å². The number of aromatic nitrogens is 3. The predicted molar refractivity (Wildman–Crippen MR) is 101 cm³/mol. The number of amides is 1. The normalized spacial score (nSPS) is 12.2. The minimum Gasteiger partial charge on any atom is -0.467 e. The van der Waals surface area contributed by atoms with Crippen molar-refractivity contribution >= 4 is 33.7 Å². The number of methoxy groups -OCH3 is 1. The average molecular weight is 362 g/mol. The fourth-order valence-corrected chi connectivity index (χ4v) is 3.22. The Labute approximate surface area is 154 Å². The monoisotopic (exact) mass is 362 g/mol. The molecule has 0 saturated heterocycles. The molecule has 0 fully saturated rings. The molecule has 7 heteroatoms. The summed E-state index contributed by atoms with van der Waals surface area (Å²) in [6.45, 7) is 0. The average Bonchev–Trinajstić information content (AvgIpc) is 3.31. The largest absolute Gasteiger partial charge is 0.467 e. The molecule has 0 aliphatic rings. The standard InChI is InChI=1S/C20H18N4O3/c1-27-20(26)17(10-12-11-21-15-8-4-2-6-13(12)15)22-19(25)18-14-7-3-5-9-16(14)23-24-18/h2-9,11,17,21H,10H2,1H3,(H,22,25)(H,23,24)/t17-/m0/s1. The Morgan fingerprint density at radius 3 is 2.56 bits per heavy atom. The Kier molecular flexibility index (Phi) is 4.33. The van der Waals surface area contributed by atoms with Gasteiger partial charge in [0.2, 0.25) is 0 Å². The van der Waals surface area contributed by atoms with E-state index in [0.717, 1.165) is 22.0 Å². The lowest BCUT2D eigenvalue weighted by atomic mass is 10.0. The maximum Gasteiger partial charge on any atom is 0.328 e. The van der Waals surface area contributed by atoms with Crippen molar-refractivity contribution in [3.8, 4) is 0 Å². The van der Waals surface area contributed by atoms with Gasteiger partial charge in [-0.2, -0.15) is 5.10 Å². The number of rotatable bonds is 5. The highest BCUT2D eigenvalue weighted by molar-refractivity contribution is 6.05. The number of esters is 1. The molecule has 1 atom stereocenters. The quantitative estimate of drug-likeness (QED) is 0.475. The highest BCUT2D eigenvalue weighted by Crippen LogP contribution is 2.20. The molecule has 0 spiro atoms. The molecule has 7 nitrogen and oxygen atoms in total. The highest BCUT2D eigenvalue weighted by atomic mass is 16.5. The molecule has 0 unspecified atom stereocenters. The van der Waals surface area contributed by atoms with Crippen LogP contribution in [0.4, 0.5) is 0 Å². The van der Waals surface area contributed by atoms with Crippen LogP contribution in [0.1, 0.15) is 16.1 Å². The summed E-state index contributed by atoms with van der Waals surface area (Å²) in [5, 5.41) is 11.4. The molecule has 0 aliphatic heterocycles. The van der Waals surface area contributed by atoms with E-state index in [9.17, 15) is 9.59 Å². The van der Waals surface area contributed by atoms with Gasteiger partial charge in [0, 0.05) is 28.9 Å². The summed E-state index contributed by atoms with van der Waals surface area (Å²) in [6, 6.07) is 14.3. The number of aromatic amines is 2. The minimum atomic E-state index is -0.822. The van der Waals surface area contributed by atoms with Crippen LogP contribution in [0.15, 0.2) is 54.7 Å². The van der Waals surface area contributed by atoms with Crippen LogP contribution in [0, 0.1) is 0 Å². The topological polar surface area (TPSA) is 99.9 Å². The van der Waals surface area contributed by atoms with Gasteiger partial charge in [-0.05, 0) is 17.7 Å². The number of para-hydroxylation sites is 2. The smallest absolute Gasteiger partial charge is 0.328 e. The van der Waals surface area contributed by atoms with Gasteiger partial charge in [0.1, 0.15) is 6.04 Å². The fraction of sp³-hybridized carbons (Fsp3) is 0.150. The van der Waals surface area contributed by atoms with E-state index >= 15 is 0 Å². The zero-order chi connectivity index (χ0) is 18.8. The second-order valence-electron chi connectivity index (χ2n) is 6.23. The molecule has 0 saturated carbocycles. The van der Waals surface area contributed by atoms with Crippen LogP contribution in [0.25, 0.3) is 21.8 Å². The van der Waals surface area contributed by atoms with Crippen molar-refractivity contribution in [3.63, 3.8) is 0 Å². The van der Waals surface area contributed by atoms with E-state index in [0.29, 0.717) is 11.8 Å². The Balaban J connectivity index is 1.61. The van der Waals surface area contributed by atoms with Crippen LogP contribution in [0.2, 0.25) is 0 Å². The lowest BCUT2D eigenvalue weighted by molar-refractivity contribution is -0.142. The van der Waals surface area contributed by atoms with E-state index in [4.69, 9.17) is 4.74 Å². The van der Waals surface area contributed by atoms with Crippen LogP contribution in [0.3, 0.4) is 0 Å². The molecule has 0 aliphatic carbocycles. The first-order chi connectivity index (χ1) is 13.2. The van der Waals surface area contributed by atoms with Crippen LogP contribution < -0.4 is 5.32 Å². The third-order valence-electron chi connectivity index (χ3n) is 4.58. The Bertz CT molecular complexity index is 1130. The van der Waals surface area contributed by atoms with E-state index in [2.05, 4.69) is 20.5 Å². The molecule has 2 aromatic heterocycles. The third kappa shape index (κ3) is 3.15. The Hall–Kier alpha value is -3.61. The van der Waals surface area contributed by atoms with Gasteiger partial charge in [-0.3, -0.25) is 9.89 Å². The fourth-order valence-electron chi connectivity index (χ4n) is 3.22. The second-order valence-corrected chi connectivity index (χ2v) is 6.23. The summed E-state index contributed by atoms with van der Waals surface area (Å²) in [4.78, 5) is 28.2. The van der Waals surface area contributed by atoms with E-state index in [1.54, 1.807) is 6.07 Å². The van der Waals surface area contributed by atoms with Gasteiger partial charge >= 0.3 is 5.97 Å². The predicted octanol–water partition coefficient (Wildman–Crippen LogP) is 2.56. The van der Waals surface area contributed by atoms with Gasteiger partial charge in [0.15, 0.2) is 5.69 Å². The summed E-state index contributed by atoms with van der Waals surface area (Å²) in [5.41, 5.74) is 2.90. The van der Waals surface area contributed by atoms with Crippen molar-refractivity contribution in [2.75, 3.05) is 7.11 Å². The van der Waals surface area contributed by atoms with Crippen molar-refractivity contribution in [1.29, 1.82) is 0 Å². The number of carbonyl (C=O) groups excluding carboxylic acids is 2. The summed E-state index contributed by atoms with van der Waals surface area (Å²) in [7, 11) is 1.31. The molecule has 27 heavy (non-hydrogen) atoms. The number of ether oxygens (including phenoxy) is 1. The maximum atomic E-state index is 12.7. The molecule has 136 valence electrons. The van der Waals surface area contributed by atoms with Crippen molar-refractivity contribution in [1.82, 2.24) is 20.5 Å². The number of carbonyl (C=O) groups is 2. The first-order valence-corrected chi connectivity index (χ1v) is 8.54. The molecule has 1 amide bonds. The first kappa shape index (κ1) is 16.8. The van der Waals surface area contributed by atoms with Gasteiger partial charge in [-0.1, -0.05) is 36.4 Å². The zero-order valence-electron chi connectivity index (χ0n) is 14.7. The van der Waals surface area contributed by atoms with Crippen LogP contribution >= 0.6 is 0 Å². The Morgan fingerprint density at radius 1 is 1.07 bits per heavy atom. The SMILES string of the molecule is COC(=O)[C@H](Cc1c[nH]c2ccccc12)NC(=O)c1n[nH]c2ccccc12. The van der Waals surface area contributed by atoms with Crippen molar-refractivity contribution in [2.24, 2.45) is 0 Å². The van der Waals surface area contributed by atoms with E-state index in [-0.39, 0.29) is 5.69 Å². The van der Waals surface area contributed by atoms with Gasteiger partial charge in [-0.25, -0.2) is 4.79 Å². The molecule has 3 N–H and O–H groups in total. The highest BCUT2D eigenvalue weighted by Gasteiger charge is 2.25. The van der Waals surface area contributed by atoms with E-state index < -0.39 is 17.9 Å². The molecule has 2 aromatic carbocycles. The molecular weight excluding hydrogens is 344 g/mol. The molecule has 0 bridgehead atoms. The summed E-state index contributed by atoms with van der Waals surface area (Å²) in [5.74, 6) is -0.934. The number of hydrogen-bond acceptors (Lipinski definition) is 4. The van der Waals surface area contributed by atoms with Gasteiger partial charge in [0.25, 0.3) is 5.91 Å². The lowest BCUT2D eigenvalue weighted by Crippen LogP contribution is -2.43. The number of nitrogens with zero attached hydrogens (tertiary/aromatic N) is 1. The molecule has 2 heterocycles. The second kappa shape index (κ2) is 6.95. The van der Waals surface area contributed by atoms with Crippen LogP contribution in [-0.4, -0.2) is 40.2 Å². The van der Waals surface area contributed by atoms with Gasteiger partial charge in [-0.15, -0.1) is 0 Å². The maximum absolute atomic E-state index is 12.7. The minimum absolute atomic E-state index is 0.249. The molecular formula is C20H18N4O3. The number of nitrogens with one attached hydrogen (secondary N) is 3. The molecule has 4 rings (SSSR count). The summed E-state index contributed by atoms with van der Waals surface area (Å²) >= 11 is 0. The molecule has 4 aromatic rings. The van der Waals surface area contributed by atoms with Crippen molar-refractivity contribution in [3.05, 3.63) is 66.0 Å². The van der Waals surface area contributed by atoms with Crippen LogP contribution in [-0.2, 0) is 16.0 Å². The van der Waals surface area contributed by atoms with E-state index in [1.165, 1.54) is 7.11 Å². The summed E-state index contributed by atoms with van der Waals surface area (Å²) < 4.78 is 4.89. The number of hydrogen-bond donors (Lipinski definition) is 3. The lowest BCUT2D eigenvalue weighted by Gasteiger charge is -2.15. The number of benzene rings is 2. The van der Waals surface area contributed by atoms with Gasteiger partial charge in [0.05, 0.1) is 12.6 Å². The molecule has 0 radical (unpaired) electrons. The Morgan fingerprint density at radius 2 is 1.78 bits per heavy atom. The number of fused-ring (bicyclic) bond motifs is 2. The van der Waals surface area contributed by atoms with E-state index in [1.807, 2.05) is 48.7 Å². The zero-order valence-corrected chi connectivity index (χ0v) is 14.7. The van der Waals surface area contributed by atoms with Crippen molar-refractivity contribution < 1.29 is 14.3 Å². The van der Waals surface area contributed by atoms with Crippen LogP contribution in [0.5, 0.6) is 0 Å². The number of H-pyrrole nitrogens is 2. The first-order valence-electron chi connectivity index (χ1n) is 8.54. The summed E-state index contributed by atoms with van der Waals surface area (Å²) in [6.07, 6.45) is 2.15. The van der Waals surface area contributed by atoms with Crippen molar-refractivity contribution in [2.45, 2.75) is 12.5 Å². The third-order valence-corrected chi connectivity index (χ3v) is 4.58.